The number of aromatic nitrogens is 1. The molecule has 2 aromatic rings. The lowest BCUT2D eigenvalue weighted by Gasteiger charge is -2.12. The van der Waals surface area contributed by atoms with Gasteiger partial charge in [0.2, 0.25) is 0 Å². The van der Waals surface area contributed by atoms with Crippen molar-refractivity contribution >= 4 is 63.7 Å². The number of hydrogen-bond acceptors (Lipinski definition) is 3. The quantitative estimate of drug-likeness (QED) is 0.537. The largest absolute Gasteiger partial charge is 0.396 e. The highest BCUT2D eigenvalue weighted by Crippen LogP contribution is 2.47. The topological polar surface area (TPSA) is 62.7 Å². The van der Waals surface area contributed by atoms with Gasteiger partial charge in [-0.3, -0.25) is 0 Å². The molecule has 1 aromatic heterocycles. The normalized spacial score (nSPS) is 10.4. The minimum Gasteiger partial charge on any atom is -0.396 e. The van der Waals surface area contributed by atoms with Gasteiger partial charge in [-0.1, -0.05) is 58.0 Å². The fraction of sp³-hybridized carbons (Fsp3) is 0. The van der Waals surface area contributed by atoms with E-state index in [1.165, 1.54) is 6.07 Å². The summed E-state index contributed by atoms with van der Waals surface area (Å²) in [5.41, 5.74) is 6.53. The van der Waals surface area contributed by atoms with Crippen LogP contribution in [-0.2, 0) is 0 Å². The molecule has 20 heavy (non-hydrogen) atoms. The van der Waals surface area contributed by atoms with Crippen LogP contribution in [0.15, 0.2) is 12.1 Å². The zero-order valence-corrected chi connectivity index (χ0v) is 13.3. The van der Waals surface area contributed by atoms with E-state index in [9.17, 15) is 0 Å². The van der Waals surface area contributed by atoms with Crippen molar-refractivity contribution in [3.05, 3.63) is 42.9 Å². The summed E-state index contributed by atoms with van der Waals surface area (Å²) in [6, 6.07) is 4.95. The Labute approximate surface area is 139 Å². The summed E-state index contributed by atoms with van der Waals surface area (Å²) < 4.78 is 0. The second-order valence-electron chi connectivity index (χ2n) is 3.69. The Kier molecular flexibility index (Phi) is 4.53. The number of nitrogens with two attached hydrogens (primary N) is 1. The Morgan fingerprint density at radius 3 is 1.90 bits per heavy atom. The van der Waals surface area contributed by atoms with Gasteiger partial charge in [0.05, 0.1) is 36.5 Å². The molecule has 0 radical (unpaired) electrons. The van der Waals surface area contributed by atoms with Crippen molar-refractivity contribution in [2.24, 2.45) is 0 Å². The summed E-state index contributed by atoms with van der Waals surface area (Å²) in [6.07, 6.45) is 0. The molecule has 0 aliphatic heterocycles. The molecule has 102 valence electrons. The average Bonchev–Trinajstić information content (AvgIpc) is 2.45. The van der Waals surface area contributed by atoms with Crippen molar-refractivity contribution in [3.8, 4) is 17.3 Å². The Morgan fingerprint density at radius 2 is 1.40 bits per heavy atom. The number of benzene rings is 1. The molecule has 1 heterocycles. The van der Waals surface area contributed by atoms with Gasteiger partial charge in [-0.25, -0.2) is 4.98 Å². The summed E-state index contributed by atoms with van der Waals surface area (Å²) in [5, 5.41) is 9.35. The van der Waals surface area contributed by atoms with Crippen LogP contribution >= 0.6 is 58.0 Å². The Balaban J connectivity index is 2.81. The van der Waals surface area contributed by atoms with Crippen LogP contribution in [0.4, 0.5) is 5.69 Å². The van der Waals surface area contributed by atoms with Crippen LogP contribution in [0.1, 0.15) is 5.69 Å². The maximum atomic E-state index is 8.95. The smallest absolute Gasteiger partial charge is 0.164 e. The molecule has 0 bridgehead atoms. The molecule has 0 amide bonds. The first kappa shape index (κ1) is 15.5. The zero-order valence-electron chi connectivity index (χ0n) is 9.52. The highest BCUT2D eigenvalue weighted by molar-refractivity contribution is 6.56. The third-order valence-corrected chi connectivity index (χ3v) is 4.78. The van der Waals surface area contributed by atoms with Crippen LogP contribution in [0.3, 0.4) is 0 Å². The number of rotatable bonds is 1. The number of nitrogens with zero attached hydrogens (tertiary/aromatic N) is 2. The standard InChI is InChI=1S/C12H4Cl5N3/c13-8-7(9(14)11(16)12(17)10(8)15)5-2-1-4(19)6(3-18)20-5/h1-2H,19H2. The monoisotopic (exact) mass is 365 g/mol. The van der Waals surface area contributed by atoms with E-state index in [1.54, 1.807) is 6.07 Å². The first-order valence-electron chi connectivity index (χ1n) is 5.07. The van der Waals surface area contributed by atoms with Gasteiger partial charge in [-0.15, -0.1) is 0 Å². The van der Waals surface area contributed by atoms with E-state index in [2.05, 4.69) is 4.98 Å². The number of pyridine rings is 1. The summed E-state index contributed by atoms with van der Waals surface area (Å²) >= 11 is 30.2. The fourth-order valence-corrected chi connectivity index (χ4v) is 2.86. The Hall–Kier alpha value is -0.890. The van der Waals surface area contributed by atoms with Gasteiger partial charge < -0.3 is 5.73 Å². The lowest BCUT2D eigenvalue weighted by Crippen LogP contribution is -1.97. The van der Waals surface area contributed by atoms with E-state index in [0.717, 1.165) is 0 Å². The number of hydrogen-bond donors (Lipinski definition) is 1. The molecule has 0 saturated carbocycles. The average molecular weight is 367 g/mol. The lowest BCUT2D eigenvalue weighted by molar-refractivity contribution is 1.27. The molecule has 0 aliphatic carbocycles. The molecular formula is C12H4Cl5N3. The number of nitrogen functional groups attached to an aromatic ring is 1. The summed E-state index contributed by atoms with van der Waals surface area (Å²) in [6.45, 7) is 0. The third kappa shape index (κ3) is 2.50. The highest BCUT2D eigenvalue weighted by Gasteiger charge is 2.21. The van der Waals surface area contributed by atoms with Gasteiger partial charge in [0.1, 0.15) is 6.07 Å². The molecule has 0 saturated heterocycles. The van der Waals surface area contributed by atoms with Gasteiger partial charge in [0.25, 0.3) is 0 Å². The van der Waals surface area contributed by atoms with Crippen LogP contribution < -0.4 is 5.73 Å². The van der Waals surface area contributed by atoms with Crippen molar-refractivity contribution in [1.29, 1.82) is 5.26 Å². The van der Waals surface area contributed by atoms with Crippen LogP contribution in [0, 0.1) is 11.3 Å². The van der Waals surface area contributed by atoms with Crippen LogP contribution in [0.2, 0.25) is 25.1 Å². The van der Waals surface area contributed by atoms with E-state index in [1.807, 2.05) is 6.07 Å². The molecule has 8 heteroatoms. The van der Waals surface area contributed by atoms with Gasteiger partial charge in [0, 0.05) is 5.56 Å². The van der Waals surface area contributed by atoms with Crippen molar-refractivity contribution in [2.75, 3.05) is 5.73 Å². The summed E-state index contributed by atoms with van der Waals surface area (Å²) in [4.78, 5) is 4.08. The highest BCUT2D eigenvalue weighted by atomic mass is 35.5. The lowest BCUT2D eigenvalue weighted by atomic mass is 10.1. The first-order chi connectivity index (χ1) is 9.38. The summed E-state index contributed by atoms with van der Waals surface area (Å²) in [5.74, 6) is 0. The SMILES string of the molecule is N#Cc1nc(-c2c(Cl)c(Cl)c(Cl)c(Cl)c2Cl)ccc1N. The van der Waals surface area contributed by atoms with Crippen molar-refractivity contribution in [3.63, 3.8) is 0 Å². The molecule has 0 unspecified atom stereocenters. The third-order valence-electron chi connectivity index (χ3n) is 2.50. The summed E-state index contributed by atoms with van der Waals surface area (Å²) in [7, 11) is 0. The number of nitriles is 1. The minimum atomic E-state index is 0.0526. The predicted molar refractivity (Wildman–Crippen MR) is 83.9 cm³/mol. The van der Waals surface area contributed by atoms with Gasteiger partial charge in [-0.2, -0.15) is 5.26 Å². The van der Waals surface area contributed by atoms with E-state index >= 15 is 0 Å². The molecule has 2 N–H and O–H groups in total. The van der Waals surface area contributed by atoms with E-state index in [4.69, 9.17) is 69.0 Å². The maximum Gasteiger partial charge on any atom is 0.164 e. The maximum absolute atomic E-state index is 8.95. The molecule has 2 rings (SSSR count). The van der Waals surface area contributed by atoms with E-state index < -0.39 is 0 Å². The van der Waals surface area contributed by atoms with Gasteiger partial charge in [0.15, 0.2) is 5.69 Å². The Morgan fingerprint density at radius 1 is 0.900 bits per heavy atom. The second-order valence-corrected chi connectivity index (χ2v) is 5.58. The van der Waals surface area contributed by atoms with Crippen LogP contribution in [0.5, 0.6) is 0 Å². The Bertz CT molecular complexity index is 723. The first-order valence-corrected chi connectivity index (χ1v) is 6.95. The molecule has 0 fully saturated rings. The van der Waals surface area contributed by atoms with Crippen molar-refractivity contribution in [1.82, 2.24) is 4.98 Å². The number of halogens is 5. The minimum absolute atomic E-state index is 0.0526. The molecular weight excluding hydrogens is 363 g/mol. The van der Waals surface area contributed by atoms with E-state index in [-0.39, 0.29) is 36.5 Å². The van der Waals surface area contributed by atoms with Crippen molar-refractivity contribution in [2.45, 2.75) is 0 Å². The van der Waals surface area contributed by atoms with Gasteiger partial charge >= 0.3 is 0 Å². The van der Waals surface area contributed by atoms with Crippen molar-refractivity contribution < 1.29 is 0 Å². The number of anilines is 1. The zero-order chi connectivity index (χ0) is 15.0. The molecule has 0 atom stereocenters. The van der Waals surface area contributed by atoms with Gasteiger partial charge in [-0.05, 0) is 12.1 Å². The molecule has 1 aromatic carbocycles. The fourth-order valence-electron chi connectivity index (χ4n) is 1.53. The van der Waals surface area contributed by atoms with Crippen LogP contribution in [-0.4, -0.2) is 4.98 Å². The molecule has 0 spiro atoms. The predicted octanol–water partition coefficient (Wildman–Crippen LogP) is 5.47. The van der Waals surface area contributed by atoms with Crippen LogP contribution in [0.25, 0.3) is 11.3 Å². The second kappa shape index (κ2) is 5.85. The van der Waals surface area contributed by atoms with E-state index in [0.29, 0.717) is 11.3 Å². The molecule has 3 nitrogen and oxygen atoms in total. The molecule has 0 aliphatic rings.